The zero-order valence-electron chi connectivity index (χ0n) is 43.4. The fourth-order valence-electron chi connectivity index (χ4n) is 9.17. The SMILES string of the molecule is CCCCCCCCCCCCCCCCCCCCCCCCCC(=O)OC(COC(=O)CCCCCCCCCCCCCCCCCC)COP(=O)(O)OC1C(O)C(O)C(O)C(O)C1O. The van der Waals surface area contributed by atoms with Crippen LogP contribution in [-0.4, -0.2) is 98.3 Å². The van der Waals surface area contributed by atoms with Crippen molar-refractivity contribution in [1.29, 1.82) is 0 Å². The van der Waals surface area contributed by atoms with E-state index in [9.17, 15) is 44.6 Å². The van der Waals surface area contributed by atoms with Gasteiger partial charge in [0.05, 0.1) is 6.61 Å². The Labute approximate surface area is 414 Å². The standard InChI is InChI=1S/C54H105O13P/c1-3-5-7-9-11-13-15-17-19-21-22-23-24-25-26-27-29-31-33-35-37-39-41-43-48(56)66-46(45-65-68(62,63)67-54-52(60)50(58)49(57)51(59)53(54)61)44-64-47(55)42-40-38-36-34-32-30-28-20-18-16-14-12-10-8-6-4-2/h46,49-54,57-61H,3-45H2,1-2H3,(H,62,63). The maximum absolute atomic E-state index is 12.9. The first-order valence-corrected chi connectivity index (χ1v) is 29.8. The van der Waals surface area contributed by atoms with E-state index >= 15 is 0 Å². The Morgan fingerprint density at radius 1 is 0.397 bits per heavy atom. The van der Waals surface area contributed by atoms with E-state index in [1.54, 1.807) is 0 Å². The van der Waals surface area contributed by atoms with Crippen LogP contribution < -0.4 is 0 Å². The second kappa shape index (κ2) is 44.5. The largest absolute Gasteiger partial charge is 0.472 e. The van der Waals surface area contributed by atoms with Crippen LogP contribution in [-0.2, 0) is 32.7 Å². The molecule has 1 saturated carbocycles. The zero-order chi connectivity index (χ0) is 49.9. The van der Waals surface area contributed by atoms with Crippen LogP contribution >= 0.6 is 7.82 Å². The highest BCUT2D eigenvalue weighted by atomic mass is 31.2. The van der Waals surface area contributed by atoms with Crippen molar-refractivity contribution in [2.45, 2.75) is 320 Å². The van der Waals surface area contributed by atoms with Crippen LogP contribution in [0.2, 0.25) is 0 Å². The Balaban J connectivity index is 2.31. The zero-order valence-corrected chi connectivity index (χ0v) is 44.3. The van der Waals surface area contributed by atoms with Crippen LogP contribution in [0.3, 0.4) is 0 Å². The van der Waals surface area contributed by atoms with Crippen molar-refractivity contribution in [2.24, 2.45) is 0 Å². The lowest BCUT2D eigenvalue weighted by molar-refractivity contribution is -0.220. The third-order valence-electron chi connectivity index (χ3n) is 13.7. The fourth-order valence-corrected chi connectivity index (χ4v) is 10.1. The monoisotopic (exact) mass is 993 g/mol. The predicted octanol–water partition coefficient (Wildman–Crippen LogP) is 12.8. The summed E-state index contributed by atoms with van der Waals surface area (Å²) in [4.78, 5) is 35.9. The van der Waals surface area contributed by atoms with Gasteiger partial charge in [0, 0.05) is 12.8 Å². The van der Waals surface area contributed by atoms with Crippen molar-refractivity contribution in [2.75, 3.05) is 13.2 Å². The van der Waals surface area contributed by atoms with Gasteiger partial charge in [0.15, 0.2) is 6.10 Å². The fraction of sp³-hybridized carbons (Fsp3) is 0.963. The van der Waals surface area contributed by atoms with Crippen LogP contribution in [0.25, 0.3) is 0 Å². The van der Waals surface area contributed by atoms with Gasteiger partial charge in [-0.2, -0.15) is 0 Å². The van der Waals surface area contributed by atoms with Crippen LogP contribution in [0.4, 0.5) is 0 Å². The molecule has 1 rings (SSSR count). The van der Waals surface area contributed by atoms with E-state index in [2.05, 4.69) is 13.8 Å². The summed E-state index contributed by atoms with van der Waals surface area (Å²) in [6, 6.07) is 0. The summed E-state index contributed by atoms with van der Waals surface area (Å²) in [5.74, 6) is -1.08. The molecule has 0 aromatic heterocycles. The van der Waals surface area contributed by atoms with Gasteiger partial charge in [0.2, 0.25) is 0 Å². The molecule has 1 aliphatic rings. The Morgan fingerprint density at radius 3 is 0.971 bits per heavy atom. The van der Waals surface area contributed by atoms with Gasteiger partial charge in [0.25, 0.3) is 0 Å². The van der Waals surface area contributed by atoms with Crippen LogP contribution in [0.1, 0.15) is 277 Å². The number of rotatable bonds is 49. The van der Waals surface area contributed by atoms with Crippen molar-refractivity contribution >= 4 is 19.8 Å². The van der Waals surface area contributed by atoms with Gasteiger partial charge in [-0.15, -0.1) is 0 Å². The molecule has 1 fully saturated rings. The van der Waals surface area contributed by atoms with Gasteiger partial charge in [-0.3, -0.25) is 18.6 Å². The molecule has 0 aromatic rings. The number of hydrogen-bond donors (Lipinski definition) is 6. The summed E-state index contributed by atoms with van der Waals surface area (Å²) in [6.45, 7) is 3.37. The molecule has 14 heteroatoms. The van der Waals surface area contributed by atoms with Crippen molar-refractivity contribution < 1.29 is 63.1 Å². The Morgan fingerprint density at radius 2 is 0.662 bits per heavy atom. The number of carbonyl (C=O) groups excluding carboxylic acids is 2. The number of hydrogen-bond acceptors (Lipinski definition) is 12. The van der Waals surface area contributed by atoms with Gasteiger partial charge in [-0.05, 0) is 12.8 Å². The molecule has 1 aliphatic carbocycles. The number of aliphatic hydroxyl groups excluding tert-OH is 5. The number of phosphoric acid groups is 1. The lowest BCUT2D eigenvalue weighted by Gasteiger charge is -2.41. The van der Waals surface area contributed by atoms with E-state index in [1.165, 1.54) is 199 Å². The third kappa shape index (κ3) is 35.9. The summed E-state index contributed by atoms with van der Waals surface area (Å²) in [5, 5.41) is 50.3. The molecule has 6 N–H and O–H groups in total. The van der Waals surface area contributed by atoms with E-state index < -0.39 is 75.7 Å². The average Bonchev–Trinajstić information content (AvgIpc) is 3.32. The molecule has 0 amide bonds. The van der Waals surface area contributed by atoms with Gasteiger partial charge in [-0.1, -0.05) is 251 Å². The van der Waals surface area contributed by atoms with E-state index in [-0.39, 0.29) is 12.8 Å². The molecule has 0 aliphatic heterocycles. The Hall–Kier alpha value is -1.15. The summed E-state index contributed by atoms with van der Waals surface area (Å²) < 4.78 is 33.7. The molecule has 0 spiro atoms. The maximum atomic E-state index is 12.9. The van der Waals surface area contributed by atoms with Crippen molar-refractivity contribution in [1.82, 2.24) is 0 Å². The smallest absolute Gasteiger partial charge is 0.462 e. The molecule has 68 heavy (non-hydrogen) atoms. The quantitative estimate of drug-likeness (QED) is 0.0191. The highest BCUT2D eigenvalue weighted by molar-refractivity contribution is 7.47. The minimum atomic E-state index is -5.12. The van der Waals surface area contributed by atoms with Crippen LogP contribution in [0.5, 0.6) is 0 Å². The van der Waals surface area contributed by atoms with Gasteiger partial charge in [-0.25, -0.2) is 4.57 Å². The topological polar surface area (TPSA) is 210 Å². The number of phosphoric ester groups is 1. The molecule has 0 heterocycles. The second-order valence-corrected chi connectivity index (χ2v) is 21.6. The number of ether oxygens (including phenoxy) is 2. The third-order valence-corrected chi connectivity index (χ3v) is 14.7. The summed E-state index contributed by atoms with van der Waals surface area (Å²) in [6.07, 6.45) is 35.8. The minimum Gasteiger partial charge on any atom is -0.462 e. The molecular formula is C54H105O13P. The van der Waals surface area contributed by atoms with Gasteiger partial charge < -0.3 is 39.9 Å². The maximum Gasteiger partial charge on any atom is 0.472 e. The normalized spacial score (nSPS) is 20.9. The molecule has 13 nitrogen and oxygen atoms in total. The molecule has 0 saturated heterocycles. The molecule has 0 aromatic carbocycles. The average molecular weight is 993 g/mol. The summed E-state index contributed by atoms with van der Waals surface area (Å²) in [7, 11) is -5.12. The first-order valence-electron chi connectivity index (χ1n) is 28.3. The van der Waals surface area contributed by atoms with E-state index in [0.29, 0.717) is 12.8 Å². The molecule has 6 unspecified atom stereocenters. The number of carbonyl (C=O) groups is 2. The van der Waals surface area contributed by atoms with Gasteiger partial charge in [0.1, 0.15) is 43.2 Å². The minimum absolute atomic E-state index is 0.106. The summed E-state index contributed by atoms with van der Waals surface area (Å²) >= 11 is 0. The van der Waals surface area contributed by atoms with Crippen molar-refractivity contribution in [3.05, 3.63) is 0 Å². The Kier molecular flexibility index (Phi) is 42.5. The van der Waals surface area contributed by atoms with Crippen LogP contribution in [0, 0.1) is 0 Å². The van der Waals surface area contributed by atoms with Crippen LogP contribution in [0.15, 0.2) is 0 Å². The number of unbranched alkanes of at least 4 members (excludes halogenated alkanes) is 37. The highest BCUT2D eigenvalue weighted by Crippen LogP contribution is 2.47. The van der Waals surface area contributed by atoms with Crippen molar-refractivity contribution in [3.8, 4) is 0 Å². The molecule has 0 radical (unpaired) electrons. The molecule has 404 valence electrons. The van der Waals surface area contributed by atoms with E-state index in [4.69, 9.17) is 18.5 Å². The molecule has 0 bridgehead atoms. The predicted molar refractivity (Wildman–Crippen MR) is 272 cm³/mol. The number of esters is 2. The highest BCUT2D eigenvalue weighted by Gasteiger charge is 2.51. The van der Waals surface area contributed by atoms with E-state index in [1.807, 2.05) is 0 Å². The lowest BCUT2D eigenvalue weighted by atomic mass is 9.85. The summed E-state index contributed by atoms with van der Waals surface area (Å²) in [5.41, 5.74) is 0. The van der Waals surface area contributed by atoms with E-state index in [0.717, 1.165) is 38.5 Å². The first kappa shape index (κ1) is 64.9. The molecule has 6 atom stereocenters. The molecular weight excluding hydrogens is 888 g/mol. The van der Waals surface area contributed by atoms with Gasteiger partial charge >= 0.3 is 19.8 Å². The van der Waals surface area contributed by atoms with Crippen molar-refractivity contribution in [3.63, 3.8) is 0 Å². The Bertz CT molecular complexity index is 1190. The first-order chi connectivity index (χ1) is 32.9. The number of aliphatic hydroxyl groups is 5. The second-order valence-electron chi connectivity index (χ2n) is 20.2. The lowest BCUT2D eigenvalue weighted by Crippen LogP contribution is -2.64.